The van der Waals surface area contributed by atoms with Gasteiger partial charge >= 0.3 is 5.97 Å². The maximum absolute atomic E-state index is 14.7. The fraction of sp³-hybridized carbons (Fsp3) is 0.143. The van der Waals surface area contributed by atoms with Crippen LogP contribution in [0.3, 0.4) is 0 Å². The van der Waals surface area contributed by atoms with Gasteiger partial charge < -0.3 is 15.0 Å². The number of nitrogens with zero attached hydrogens (tertiary/aromatic N) is 1. The van der Waals surface area contributed by atoms with Gasteiger partial charge in [0.05, 0.1) is 12.0 Å². The Morgan fingerprint density at radius 2 is 1.49 bits per heavy atom. The topological polar surface area (TPSA) is 92.8 Å². The zero-order valence-electron chi connectivity index (χ0n) is 23.0. The number of fused-ring (bicyclic) bond motifs is 6. The standard InChI is InChI=1S/C35H25FN2O5/c1-20(39)43-25-16-12-23(13-17-25)32(41)30-29(31(40)22-10-14-24(36)15-11-22)35(27-8-4-5-9-28(27)37-34(35)42)33-26-7-3-2-6-21(26)18-19-38(30)33/h2-19,29-30,33H,1H3,(H,37,42)/t29-,30-,33+,35+/m0/s1. The molecule has 1 amide bonds. The molecular formula is C35H25FN2O5. The molecule has 4 atom stereocenters. The number of amides is 1. The van der Waals surface area contributed by atoms with E-state index in [0.29, 0.717) is 11.3 Å². The lowest BCUT2D eigenvalue weighted by Gasteiger charge is -2.38. The Bertz CT molecular complexity index is 1850. The molecule has 0 aromatic heterocycles. The zero-order chi connectivity index (χ0) is 29.9. The first-order valence-electron chi connectivity index (χ1n) is 13.9. The number of carbonyl (C=O) groups is 4. The molecule has 7 rings (SSSR count). The molecule has 0 aliphatic carbocycles. The number of anilines is 1. The molecule has 4 aromatic rings. The van der Waals surface area contributed by atoms with Crippen LogP contribution in [-0.4, -0.2) is 34.4 Å². The van der Waals surface area contributed by atoms with E-state index in [9.17, 15) is 23.6 Å². The maximum Gasteiger partial charge on any atom is 0.308 e. The van der Waals surface area contributed by atoms with E-state index < -0.39 is 41.0 Å². The molecule has 1 saturated heterocycles. The molecule has 8 heteroatoms. The molecule has 43 heavy (non-hydrogen) atoms. The van der Waals surface area contributed by atoms with Gasteiger partial charge in [0, 0.05) is 29.9 Å². The maximum atomic E-state index is 14.7. The molecule has 1 fully saturated rings. The summed E-state index contributed by atoms with van der Waals surface area (Å²) in [6.45, 7) is 1.29. The number of halogens is 1. The van der Waals surface area contributed by atoms with Crippen molar-refractivity contribution in [1.29, 1.82) is 0 Å². The van der Waals surface area contributed by atoms with Crippen molar-refractivity contribution in [2.24, 2.45) is 5.92 Å². The number of para-hydroxylation sites is 1. The van der Waals surface area contributed by atoms with Gasteiger partial charge in [-0.05, 0) is 77.4 Å². The van der Waals surface area contributed by atoms with Gasteiger partial charge in [-0.15, -0.1) is 0 Å². The number of esters is 1. The van der Waals surface area contributed by atoms with Gasteiger partial charge in [0.2, 0.25) is 5.91 Å². The van der Waals surface area contributed by atoms with Crippen LogP contribution in [0.1, 0.15) is 50.4 Å². The molecule has 3 aliphatic heterocycles. The van der Waals surface area contributed by atoms with Gasteiger partial charge in [0.1, 0.15) is 23.0 Å². The number of carbonyl (C=O) groups excluding carboxylic acids is 4. The molecule has 0 radical (unpaired) electrons. The first-order chi connectivity index (χ1) is 20.8. The van der Waals surface area contributed by atoms with E-state index in [1.54, 1.807) is 24.4 Å². The normalized spacial score (nSPS) is 22.9. The van der Waals surface area contributed by atoms with Crippen LogP contribution in [0.2, 0.25) is 0 Å². The molecule has 0 saturated carbocycles. The second-order valence-electron chi connectivity index (χ2n) is 10.9. The number of hydrogen-bond acceptors (Lipinski definition) is 6. The summed E-state index contributed by atoms with van der Waals surface area (Å²) in [6, 6.07) is 24.4. The van der Waals surface area contributed by atoms with E-state index in [0.717, 1.165) is 11.1 Å². The number of ketones is 2. The molecule has 0 unspecified atom stereocenters. The van der Waals surface area contributed by atoms with Crippen molar-refractivity contribution in [3.8, 4) is 5.75 Å². The lowest BCUT2D eigenvalue weighted by atomic mass is 9.62. The minimum atomic E-state index is -1.49. The molecule has 212 valence electrons. The van der Waals surface area contributed by atoms with Gasteiger partial charge in [-0.3, -0.25) is 19.2 Å². The van der Waals surface area contributed by atoms with E-state index in [4.69, 9.17) is 4.74 Å². The number of nitrogens with one attached hydrogen (secondary N) is 1. The van der Waals surface area contributed by atoms with Crippen molar-refractivity contribution in [2.75, 3.05) is 5.32 Å². The van der Waals surface area contributed by atoms with Crippen molar-refractivity contribution < 1.29 is 28.3 Å². The largest absolute Gasteiger partial charge is 0.427 e. The van der Waals surface area contributed by atoms with Gasteiger partial charge in [-0.2, -0.15) is 0 Å². The predicted octanol–water partition coefficient (Wildman–Crippen LogP) is 5.73. The smallest absolute Gasteiger partial charge is 0.308 e. The molecule has 3 heterocycles. The summed E-state index contributed by atoms with van der Waals surface area (Å²) in [4.78, 5) is 57.0. The van der Waals surface area contributed by atoms with Crippen molar-refractivity contribution >= 4 is 35.2 Å². The molecule has 3 aliphatic rings. The number of benzene rings is 4. The van der Waals surface area contributed by atoms with E-state index in [1.165, 1.54) is 43.3 Å². The van der Waals surface area contributed by atoms with Gasteiger partial charge in [-0.25, -0.2) is 4.39 Å². The summed E-state index contributed by atoms with van der Waals surface area (Å²) in [5.41, 5.74) is 1.90. The van der Waals surface area contributed by atoms with Crippen LogP contribution in [0.4, 0.5) is 10.1 Å². The third-order valence-corrected chi connectivity index (χ3v) is 8.65. The highest BCUT2D eigenvalue weighted by Crippen LogP contribution is 2.62. The first-order valence-corrected chi connectivity index (χ1v) is 13.9. The van der Waals surface area contributed by atoms with Crippen molar-refractivity contribution in [3.05, 3.63) is 137 Å². The van der Waals surface area contributed by atoms with Gasteiger partial charge in [0.15, 0.2) is 11.6 Å². The highest BCUT2D eigenvalue weighted by Gasteiger charge is 2.70. The average molecular weight is 573 g/mol. The summed E-state index contributed by atoms with van der Waals surface area (Å²) in [5, 5.41) is 3.00. The summed E-state index contributed by atoms with van der Waals surface area (Å²) in [6.07, 6.45) is 3.67. The van der Waals surface area contributed by atoms with E-state index in [-0.39, 0.29) is 28.6 Å². The molecule has 1 N–H and O–H groups in total. The summed E-state index contributed by atoms with van der Waals surface area (Å²) >= 11 is 0. The Hall–Kier alpha value is -5.37. The highest BCUT2D eigenvalue weighted by atomic mass is 19.1. The van der Waals surface area contributed by atoms with E-state index >= 15 is 0 Å². The lowest BCUT2D eigenvalue weighted by Crippen LogP contribution is -2.49. The fourth-order valence-corrected chi connectivity index (χ4v) is 6.99. The Kier molecular flexibility index (Phi) is 6.09. The molecule has 7 nitrogen and oxygen atoms in total. The molecular weight excluding hydrogens is 547 g/mol. The van der Waals surface area contributed by atoms with Crippen LogP contribution in [0.5, 0.6) is 5.75 Å². The second kappa shape index (κ2) is 9.87. The highest BCUT2D eigenvalue weighted by molar-refractivity contribution is 6.16. The van der Waals surface area contributed by atoms with Crippen molar-refractivity contribution in [3.63, 3.8) is 0 Å². The monoisotopic (exact) mass is 572 g/mol. The predicted molar refractivity (Wildman–Crippen MR) is 157 cm³/mol. The van der Waals surface area contributed by atoms with E-state index in [1.807, 2.05) is 53.4 Å². The van der Waals surface area contributed by atoms with Crippen molar-refractivity contribution in [1.82, 2.24) is 4.90 Å². The minimum absolute atomic E-state index is 0.197. The minimum Gasteiger partial charge on any atom is -0.427 e. The number of hydrogen-bond donors (Lipinski definition) is 1. The molecule has 1 spiro atoms. The van der Waals surface area contributed by atoms with Gasteiger partial charge in [-0.1, -0.05) is 42.5 Å². The summed E-state index contributed by atoms with van der Waals surface area (Å²) in [7, 11) is 0. The number of rotatable bonds is 5. The number of ether oxygens (including phenoxy) is 1. The fourth-order valence-electron chi connectivity index (χ4n) is 6.99. The number of Topliss-reactive ketones (excluding diaryl/α,β-unsaturated/α-hetero) is 2. The SMILES string of the molecule is CC(=O)Oc1ccc(C(=O)[C@@H]2[C@@H](C(=O)c3ccc(F)cc3)[C@@]3(C(=O)Nc4ccccc43)[C@H]3c4ccccc4C=CN23)cc1. The second-order valence-corrected chi connectivity index (χ2v) is 10.9. The average Bonchev–Trinajstić information content (AvgIpc) is 3.49. The third kappa shape index (κ3) is 3.94. The third-order valence-electron chi connectivity index (χ3n) is 8.65. The Morgan fingerprint density at radius 3 is 2.23 bits per heavy atom. The Labute approximate surface area is 246 Å². The Balaban J connectivity index is 1.48. The quantitative estimate of drug-likeness (QED) is 0.187. The van der Waals surface area contributed by atoms with Crippen LogP contribution in [0, 0.1) is 11.7 Å². The van der Waals surface area contributed by atoms with Crippen LogP contribution in [0.25, 0.3) is 6.08 Å². The van der Waals surface area contributed by atoms with Crippen LogP contribution >= 0.6 is 0 Å². The van der Waals surface area contributed by atoms with Gasteiger partial charge in [0.25, 0.3) is 0 Å². The lowest BCUT2D eigenvalue weighted by molar-refractivity contribution is -0.131. The first kappa shape index (κ1) is 26.5. The summed E-state index contributed by atoms with van der Waals surface area (Å²) < 4.78 is 19.1. The van der Waals surface area contributed by atoms with Crippen LogP contribution < -0.4 is 10.1 Å². The van der Waals surface area contributed by atoms with Crippen LogP contribution in [0.15, 0.2) is 103 Å². The van der Waals surface area contributed by atoms with E-state index in [2.05, 4.69) is 5.32 Å². The summed E-state index contributed by atoms with van der Waals surface area (Å²) in [5.74, 6) is -3.10. The van der Waals surface area contributed by atoms with Crippen LogP contribution in [-0.2, 0) is 15.0 Å². The van der Waals surface area contributed by atoms with Crippen molar-refractivity contribution in [2.45, 2.75) is 24.4 Å². The molecule has 4 aromatic carbocycles. The molecule has 0 bridgehead atoms. The zero-order valence-corrected chi connectivity index (χ0v) is 23.0. The Morgan fingerprint density at radius 1 is 0.837 bits per heavy atom.